The third-order valence-electron chi connectivity index (χ3n) is 4.93. The van der Waals surface area contributed by atoms with Crippen LogP contribution in [0.4, 0.5) is 11.4 Å². The lowest BCUT2D eigenvalue weighted by Crippen LogP contribution is -2.38. The monoisotopic (exact) mass is 542 g/mol. The van der Waals surface area contributed by atoms with Crippen LogP contribution in [0.15, 0.2) is 118 Å². The summed E-state index contributed by atoms with van der Waals surface area (Å²) in [5, 5.41) is 3.32. The molecule has 0 saturated heterocycles. The normalized spacial score (nSPS) is 11.1. The van der Waals surface area contributed by atoms with Gasteiger partial charge >= 0.3 is 0 Å². The Bertz CT molecular complexity index is 1430. The smallest absolute Gasteiger partial charge is 0.264 e. The fraction of sp³-hybridized carbons (Fsp3) is 0.0385. The Morgan fingerprint density at radius 2 is 1.46 bits per heavy atom. The fourth-order valence-corrected chi connectivity index (χ4v) is 6.24. The molecule has 9 heteroatoms. The van der Waals surface area contributed by atoms with E-state index in [1.54, 1.807) is 30.3 Å². The van der Waals surface area contributed by atoms with Gasteiger partial charge in [-0.25, -0.2) is 8.42 Å². The van der Waals surface area contributed by atoms with Crippen LogP contribution < -0.4 is 9.62 Å². The molecule has 178 valence electrons. The number of anilines is 2. The van der Waals surface area contributed by atoms with E-state index in [1.807, 2.05) is 42.5 Å². The molecule has 0 fully saturated rings. The molecular formula is C26H20Cl2N2O3S2. The Morgan fingerprint density at radius 1 is 0.829 bits per heavy atom. The van der Waals surface area contributed by atoms with Crippen molar-refractivity contribution in [2.75, 3.05) is 16.2 Å². The number of carbonyl (C=O) groups excluding carboxylic acids is 1. The zero-order chi connectivity index (χ0) is 24.8. The lowest BCUT2D eigenvalue weighted by atomic mass is 10.3. The van der Waals surface area contributed by atoms with Crippen LogP contribution in [0.1, 0.15) is 0 Å². The molecule has 1 amide bonds. The van der Waals surface area contributed by atoms with Gasteiger partial charge in [-0.15, -0.1) is 0 Å². The van der Waals surface area contributed by atoms with Gasteiger partial charge in [0.25, 0.3) is 10.0 Å². The number of carbonyl (C=O) groups is 1. The van der Waals surface area contributed by atoms with Crippen LogP contribution in [0.5, 0.6) is 0 Å². The first-order valence-corrected chi connectivity index (χ1v) is 13.5. The largest absolute Gasteiger partial charge is 0.323 e. The summed E-state index contributed by atoms with van der Waals surface area (Å²) in [4.78, 5) is 15.0. The maximum Gasteiger partial charge on any atom is 0.264 e. The average Bonchev–Trinajstić information content (AvgIpc) is 2.85. The van der Waals surface area contributed by atoms with Crippen LogP contribution in [0, 0.1) is 0 Å². The number of benzene rings is 4. The lowest BCUT2D eigenvalue weighted by molar-refractivity contribution is -0.114. The van der Waals surface area contributed by atoms with Crippen molar-refractivity contribution in [1.29, 1.82) is 0 Å². The van der Waals surface area contributed by atoms with Crippen LogP contribution in [-0.2, 0) is 14.8 Å². The summed E-state index contributed by atoms with van der Waals surface area (Å²) in [5.74, 6) is -0.517. The molecule has 0 atom stereocenters. The summed E-state index contributed by atoms with van der Waals surface area (Å²) >= 11 is 13.9. The molecule has 0 radical (unpaired) electrons. The fourth-order valence-electron chi connectivity index (χ4n) is 3.30. The summed E-state index contributed by atoms with van der Waals surface area (Å²) in [6.07, 6.45) is 0. The minimum Gasteiger partial charge on any atom is -0.323 e. The van der Waals surface area contributed by atoms with E-state index in [0.717, 1.165) is 14.1 Å². The van der Waals surface area contributed by atoms with Crippen molar-refractivity contribution in [3.8, 4) is 0 Å². The second kappa shape index (κ2) is 11.2. The molecule has 0 aliphatic rings. The highest BCUT2D eigenvalue weighted by Crippen LogP contribution is 2.35. The van der Waals surface area contributed by atoms with Crippen molar-refractivity contribution in [2.24, 2.45) is 0 Å². The SMILES string of the molecule is O=C(CN(c1ccc(Cl)cc1Cl)S(=O)(=O)c1ccccc1)Nc1ccccc1Sc1ccccc1. The Hall–Kier alpha value is -2.97. The van der Waals surface area contributed by atoms with E-state index in [1.165, 1.54) is 42.1 Å². The van der Waals surface area contributed by atoms with Gasteiger partial charge in [-0.05, 0) is 54.6 Å². The van der Waals surface area contributed by atoms with E-state index in [2.05, 4.69) is 5.32 Å². The zero-order valence-corrected chi connectivity index (χ0v) is 21.4. The number of hydrogen-bond acceptors (Lipinski definition) is 4. The summed E-state index contributed by atoms with van der Waals surface area (Å²) in [7, 11) is -4.10. The molecule has 0 bridgehead atoms. The molecule has 0 unspecified atom stereocenters. The molecule has 0 aliphatic carbocycles. The van der Waals surface area contributed by atoms with Gasteiger partial charge in [-0.1, -0.05) is 83.5 Å². The zero-order valence-electron chi connectivity index (χ0n) is 18.3. The predicted molar refractivity (Wildman–Crippen MR) is 143 cm³/mol. The van der Waals surface area contributed by atoms with Crippen molar-refractivity contribution in [2.45, 2.75) is 14.7 Å². The van der Waals surface area contributed by atoms with Crippen LogP contribution in [0.2, 0.25) is 10.0 Å². The number of nitrogens with zero attached hydrogens (tertiary/aromatic N) is 1. The Kier molecular flexibility index (Phi) is 8.03. The van der Waals surface area contributed by atoms with E-state index in [-0.39, 0.29) is 15.6 Å². The van der Waals surface area contributed by atoms with E-state index < -0.39 is 22.5 Å². The van der Waals surface area contributed by atoms with E-state index in [0.29, 0.717) is 10.7 Å². The Morgan fingerprint density at radius 3 is 2.14 bits per heavy atom. The molecule has 4 rings (SSSR count). The minimum absolute atomic E-state index is 0.0406. The van der Waals surface area contributed by atoms with Gasteiger partial charge in [0.2, 0.25) is 5.91 Å². The highest BCUT2D eigenvalue weighted by atomic mass is 35.5. The number of hydrogen-bond donors (Lipinski definition) is 1. The molecule has 4 aromatic rings. The number of para-hydroxylation sites is 1. The topological polar surface area (TPSA) is 66.5 Å². The van der Waals surface area contributed by atoms with E-state index in [9.17, 15) is 13.2 Å². The van der Waals surface area contributed by atoms with Crippen molar-refractivity contribution in [3.63, 3.8) is 0 Å². The second-order valence-electron chi connectivity index (χ2n) is 7.38. The number of amides is 1. The number of halogens is 2. The number of sulfonamides is 1. The lowest BCUT2D eigenvalue weighted by Gasteiger charge is -2.25. The van der Waals surface area contributed by atoms with Crippen LogP contribution in [0.3, 0.4) is 0 Å². The molecule has 1 N–H and O–H groups in total. The summed E-state index contributed by atoms with van der Waals surface area (Å²) < 4.78 is 28.0. The summed E-state index contributed by atoms with van der Waals surface area (Å²) in [6.45, 7) is -0.483. The van der Waals surface area contributed by atoms with Crippen LogP contribution in [0.25, 0.3) is 0 Å². The highest BCUT2D eigenvalue weighted by Gasteiger charge is 2.29. The summed E-state index contributed by atoms with van der Waals surface area (Å²) in [5.41, 5.74) is 0.729. The number of nitrogens with one attached hydrogen (secondary N) is 1. The van der Waals surface area contributed by atoms with Crippen molar-refractivity contribution in [3.05, 3.63) is 113 Å². The first-order valence-electron chi connectivity index (χ1n) is 10.5. The van der Waals surface area contributed by atoms with E-state index >= 15 is 0 Å². The molecule has 0 heterocycles. The molecule has 0 aromatic heterocycles. The molecule has 5 nitrogen and oxygen atoms in total. The van der Waals surface area contributed by atoms with Gasteiger partial charge in [-0.3, -0.25) is 9.10 Å². The first kappa shape index (κ1) is 25.1. The van der Waals surface area contributed by atoms with Gasteiger partial charge in [-0.2, -0.15) is 0 Å². The number of rotatable bonds is 8. The second-order valence-corrected chi connectivity index (χ2v) is 11.2. The van der Waals surface area contributed by atoms with Crippen LogP contribution in [-0.4, -0.2) is 20.9 Å². The maximum atomic E-state index is 13.5. The maximum absolute atomic E-state index is 13.5. The van der Waals surface area contributed by atoms with Gasteiger partial charge in [0.15, 0.2) is 0 Å². The van der Waals surface area contributed by atoms with Crippen molar-refractivity contribution in [1.82, 2.24) is 0 Å². The highest BCUT2D eigenvalue weighted by molar-refractivity contribution is 7.99. The van der Waals surface area contributed by atoms with E-state index in [4.69, 9.17) is 23.2 Å². The molecule has 0 aliphatic heterocycles. The van der Waals surface area contributed by atoms with Crippen molar-refractivity contribution < 1.29 is 13.2 Å². The Balaban J connectivity index is 1.64. The van der Waals surface area contributed by atoms with Crippen LogP contribution >= 0.6 is 35.0 Å². The van der Waals surface area contributed by atoms with Gasteiger partial charge in [0.05, 0.1) is 21.3 Å². The molecule has 0 spiro atoms. The first-order chi connectivity index (χ1) is 16.8. The predicted octanol–water partition coefficient (Wildman–Crippen LogP) is 6.98. The minimum atomic E-state index is -4.10. The average molecular weight is 543 g/mol. The molecular weight excluding hydrogens is 523 g/mol. The van der Waals surface area contributed by atoms with Crippen molar-refractivity contribution >= 4 is 62.3 Å². The molecule has 4 aromatic carbocycles. The third-order valence-corrected chi connectivity index (χ3v) is 8.32. The van der Waals surface area contributed by atoms with Gasteiger partial charge in [0.1, 0.15) is 6.54 Å². The molecule has 35 heavy (non-hydrogen) atoms. The summed E-state index contributed by atoms with van der Waals surface area (Å²) in [6, 6.07) is 29.4. The Labute approximate surface area is 218 Å². The molecule has 0 saturated carbocycles. The standard InChI is InChI=1S/C26H20Cl2N2O3S2/c27-19-15-16-24(22(28)17-19)30(35(32,33)21-11-5-2-6-12-21)18-26(31)29-23-13-7-8-14-25(23)34-20-9-3-1-4-10-20/h1-17H,18H2,(H,29,31). The van der Waals surface area contributed by atoms with Gasteiger partial charge < -0.3 is 5.32 Å². The van der Waals surface area contributed by atoms with Gasteiger partial charge in [0, 0.05) is 14.8 Å². The third kappa shape index (κ3) is 6.18. The quantitative estimate of drug-likeness (QED) is 0.261.